The molecule has 8 heteroatoms. The van der Waals surface area contributed by atoms with Crippen LogP contribution in [-0.4, -0.2) is 30.6 Å². The number of fused-ring (bicyclic) bond motifs is 3. The second-order valence-electron chi connectivity index (χ2n) is 8.16. The van der Waals surface area contributed by atoms with E-state index in [9.17, 15) is 5.21 Å². The summed E-state index contributed by atoms with van der Waals surface area (Å²) in [6.07, 6.45) is 8.55. The molecule has 0 bridgehead atoms. The van der Waals surface area contributed by atoms with Crippen molar-refractivity contribution >= 4 is 27.9 Å². The molecule has 8 nitrogen and oxygen atoms in total. The first-order valence-electron chi connectivity index (χ1n) is 10.3. The summed E-state index contributed by atoms with van der Waals surface area (Å²) in [5, 5.41) is 26.0. The van der Waals surface area contributed by atoms with E-state index in [4.69, 9.17) is 10.2 Å². The highest BCUT2D eigenvalue weighted by Gasteiger charge is 2.27. The van der Waals surface area contributed by atoms with E-state index < -0.39 is 0 Å². The van der Waals surface area contributed by atoms with Gasteiger partial charge in [-0.3, -0.25) is 0 Å². The van der Waals surface area contributed by atoms with Gasteiger partial charge in [-0.05, 0) is 37.7 Å². The summed E-state index contributed by atoms with van der Waals surface area (Å²) in [5.74, 6) is 2.06. The quantitative estimate of drug-likeness (QED) is 0.261. The summed E-state index contributed by atoms with van der Waals surface area (Å²) in [5.41, 5.74) is 2.83. The number of nitrogens with zero attached hydrogens (tertiary/aromatic N) is 5. The van der Waals surface area contributed by atoms with Gasteiger partial charge in [0.05, 0.1) is 24.3 Å². The average molecular weight is 393 g/mol. The molecule has 4 rings (SSSR count). The average Bonchev–Trinajstić information content (AvgIpc) is 3.33. The lowest BCUT2D eigenvalue weighted by atomic mass is 9.84. The second kappa shape index (κ2) is 8.11. The largest absolute Gasteiger partial charge is 0.409 e. The molecule has 3 aromatic rings. The van der Waals surface area contributed by atoms with Gasteiger partial charge < -0.3 is 20.1 Å². The van der Waals surface area contributed by atoms with Gasteiger partial charge in [-0.1, -0.05) is 19.0 Å². The molecule has 29 heavy (non-hydrogen) atoms. The maximum atomic E-state index is 9.28. The molecule has 0 saturated heterocycles. The van der Waals surface area contributed by atoms with Crippen molar-refractivity contribution in [2.24, 2.45) is 17.0 Å². The summed E-state index contributed by atoms with van der Waals surface area (Å²) >= 11 is 0. The maximum absolute atomic E-state index is 9.28. The van der Waals surface area contributed by atoms with Crippen LogP contribution in [0.15, 0.2) is 23.6 Å². The van der Waals surface area contributed by atoms with Crippen LogP contribution in [0.4, 0.5) is 0 Å². The van der Waals surface area contributed by atoms with Gasteiger partial charge in [-0.15, -0.1) is 0 Å². The standard InChI is InChI=1S/C21H27N7O/c1-13(2)20(27-29)25-12-18-26-17-11-24-21-16(8-10-23-21)19(17)28(18)15-5-3-14(4-6-15)7-9-22/h8,10-11,13-15,29H,3-7,12H2,1-2H3,(H,23,24)(H,25,27)/t14-,15-. The first-order valence-corrected chi connectivity index (χ1v) is 10.3. The zero-order valence-electron chi connectivity index (χ0n) is 16.9. The number of nitrogens with one attached hydrogen (secondary N) is 2. The van der Waals surface area contributed by atoms with Gasteiger partial charge in [-0.25, -0.2) is 9.97 Å². The number of imidazole rings is 1. The molecule has 0 atom stereocenters. The van der Waals surface area contributed by atoms with Crippen LogP contribution in [-0.2, 0) is 6.54 Å². The van der Waals surface area contributed by atoms with Crippen LogP contribution in [0.1, 0.15) is 57.8 Å². The van der Waals surface area contributed by atoms with Crippen LogP contribution in [0.2, 0.25) is 0 Å². The minimum Gasteiger partial charge on any atom is -0.409 e. The molecule has 0 aliphatic heterocycles. The Morgan fingerprint density at radius 1 is 1.41 bits per heavy atom. The Morgan fingerprint density at radius 3 is 2.90 bits per heavy atom. The van der Waals surface area contributed by atoms with Gasteiger partial charge in [0.25, 0.3) is 0 Å². The minimum atomic E-state index is 0.0947. The maximum Gasteiger partial charge on any atom is 0.144 e. The monoisotopic (exact) mass is 393 g/mol. The molecule has 0 radical (unpaired) electrons. The van der Waals surface area contributed by atoms with Gasteiger partial charge >= 0.3 is 0 Å². The first-order chi connectivity index (χ1) is 14.1. The van der Waals surface area contributed by atoms with E-state index in [2.05, 4.69) is 37.1 Å². The third-order valence-electron chi connectivity index (χ3n) is 5.95. The normalized spacial score (nSPS) is 20.4. The minimum absolute atomic E-state index is 0.0947. The van der Waals surface area contributed by atoms with Gasteiger partial charge in [0.15, 0.2) is 0 Å². The van der Waals surface area contributed by atoms with Crippen LogP contribution in [0.3, 0.4) is 0 Å². The van der Waals surface area contributed by atoms with Crippen LogP contribution >= 0.6 is 0 Å². The fourth-order valence-corrected chi connectivity index (χ4v) is 4.42. The molecule has 152 valence electrons. The summed E-state index contributed by atoms with van der Waals surface area (Å²) < 4.78 is 2.35. The molecule has 1 aliphatic carbocycles. The Hall–Kier alpha value is -3.08. The van der Waals surface area contributed by atoms with Crippen LogP contribution in [0.5, 0.6) is 0 Å². The van der Waals surface area contributed by atoms with Crippen molar-refractivity contribution in [1.82, 2.24) is 24.8 Å². The van der Waals surface area contributed by atoms with E-state index in [1.54, 1.807) is 0 Å². The second-order valence-corrected chi connectivity index (χ2v) is 8.16. The molecule has 0 spiro atoms. The molecule has 1 aliphatic rings. The van der Waals surface area contributed by atoms with Crippen molar-refractivity contribution < 1.29 is 5.21 Å². The molecule has 0 amide bonds. The number of H-pyrrole nitrogens is 1. The van der Waals surface area contributed by atoms with Gasteiger partial charge in [0.2, 0.25) is 0 Å². The van der Waals surface area contributed by atoms with Crippen molar-refractivity contribution in [3.8, 4) is 6.07 Å². The molecule has 3 aromatic heterocycles. The lowest BCUT2D eigenvalue weighted by molar-refractivity contribution is 0.277. The molecule has 1 saturated carbocycles. The van der Waals surface area contributed by atoms with Crippen LogP contribution in [0.25, 0.3) is 22.1 Å². The summed E-state index contributed by atoms with van der Waals surface area (Å²) in [7, 11) is 0. The number of hydrogen-bond donors (Lipinski definition) is 3. The van der Waals surface area contributed by atoms with E-state index in [1.807, 2.05) is 26.2 Å². The van der Waals surface area contributed by atoms with Crippen molar-refractivity contribution in [1.29, 1.82) is 5.26 Å². The summed E-state index contributed by atoms with van der Waals surface area (Å²) in [6, 6.07) is 4.71. The van der Waals surface area contributed by atoms with E-state index in [0.29, 0.717) is 30.8 Å². The van der Waals surface area contributed by atoms with Crippen molar-refractivity contribution in [2.45, 2.75) is 58.5 Å². The molecular weight excluding hydrogens is 366 g/mol. The molecule has 1 fully saturated rings. The molecule has 0 aromatic carbocycles. The predicted molar refractivity (Wildman–Crippen MR) is 112 cm³/mol. The number of rotatable bonds is 5. The number of nitriles is 1. The van der Waals surface area contributed by atoms with Crippen LogP contribution in [0, 0.1) is 23.2 Å². The first kappa shape index (κ1) is 19.2. The molecular formula is C21H27N7O. The van der Waals surface area contributed by atoms with E-state index in [-0.39, 0.29) is 5.92 Å². The predicted octanol–water partition coefficient (Wildman–Crippen LogP) is 4.09. The van der Waals surface area contributed by atoms with E-state index in [1.165, 1.54) is 0 Å². The third kappa shape index (κ3) is 3.65. The Morgan fingerprint density at radius 2 is 2.21 bits per heavy atom. The summed E-state index contributed by atoms with van der Waals surface area (Å²) in [6.45, 7) is 4.44. The third-order valence-corrected chi connectivity index (χ3v) is 5.95. The highest BCUT2D eigenvalue weighted by Crippen LogP contribution is 2.37. The lowest BCUT2D eigenvalue weighted by Crippen LogP contribution is -2.30. The van der Waals surface area contributed by atoms with Crippen LogP contribution < -0.4 is 5.32 Å². The Labute approximate surface area is 169 Å². The fraction of sp³-hybridized carbons (Fsp3) is 0.524. The smallest absolute Gasteiger partial charge is 0.144 e. The number of oxime groups is 1. The molecule has 3 heterocycles. The number of aromatic amines is 1. The summed E-state index contributed by atoms with van der Waals surface area (Å²) in [4.78, 5) is 12.6. The number of pyridine rings is 1. The molecule has 3 N–H and O–H groups in total. The highest BCUT2D eigenvalue weighted by molar-refractivity contribution is 6.01. The lowest BCUT2D eigenvalue weighted by Gasteiger charge is -2.30. The SMILES string of the molecule is CC(C)C(=NO)NCc1nc2cnc3[nH]ccc3c2n1[C@H]1CC[C@H](CC#N)CC1. The topological polar surface area (TPSA) is 115 Å². The Kier molecular flexibility index (Phi) is 5.38. The van der Waals surface area contributed by atoms with Crippen molar-refractivity contribution in [3.05, 3.63) is 24.3 Å². The Bertz CT molecular complexity index is 1060. The zero-order valence-corrected chi connectivity index (χ0v) is 16.9. The number of aromatic nitrogens is 4. The van der Waals surface area contributed by atoms with Crippen molar-refractivity contribution in [2.75, 3.05) is 0 Å². The molecule has 0 unspecified atom stereocenters. The van der Waals surface area contributed by atoms with E-state index in [0.717, 1.165) is 53.6 Å². The van der Waals surface area contributed by atoms with Crippen molar-refractivity contribution in [3.63, 3.8) is 0 Å². The fourth-order valence-electron chi connectivity index (χ4n) is 4.42. The zero-order chi connectivity index (χ0) is 20.4. The van der Waals surface area contributed by atoms with Gasteiger partial charge in [0.1, 0.15) is 22.8 Å². The van der Waals surface area contributed by atoms with E-state index >= 15 is 0 Å². The number of hydrogen-bond acceptors (Lipinski definition) is 5. The van der Waals surface area contributed by atoms with Gasteiger partial charge in [-0.2, -0.15) is 5.26 Å². The highest BCUT2D eigenvalue weighted by atomic mass is 16.4. The number of amidine groups is 1. The Balaban J connectivity index is 1.73. The van der Waals surface area contributed by atoms with Gasteiger partial charge in [0, 0.05) is 30.0 Å².